The molecule has 2 N–H and O–H groups in total. The van der Waals surface area contributed by atoms with Gasteiger partial charge in [0.05, 0.1) is 0 Å². The van der Waals surface area contributed by atoms with Crippen molar-refractivity contribution in [2.45, 2.75) is 84.3 Å². The largest absolute Gasteiger partial charge is 0.480 e. The Hall–Kier alpha value is -1.59. The number of carboxylic acid groups (broad SMARTS) is 1. The Bertz CT molecular complexity index is 373. The highest BCUT2D eigenvalue weighted by atomic mass is 16.6. The van der Waals surface area contributed by atoms with Crippen LogP contribution in [0.4, 0.5) is 4.79 Å². The Morgan fingerprint density at radius 3 is 2.18 bits per heavy atom. The number of ketones is 1. The third kappa shape index (κ3) is 11.1. The summed E-state index contributed by atoms with van der Waals surface area (Å²) in [7, 11) is 0. The van der Waals surface area contributed by atoms with Crippen LogP contribution in [0.25, 0.3) is 0 Å². The van der Waals surface area contributed by atoms with Crippen LogP contribution in [0.15, 0.2) is 0 Å². The first-order valence-corrected chi connectivity index (χ1v) is 7.89. The lowest BCUT2D eigenvalue weighted by Crippen LogP contribution is -2.44. The molecular formula is C16H29NO5. The zero-order valence-corrected chi connectivity index (χ0v) is 14.1. The molecule has 0 saturated carbocycles. The number of amides is 1. The van der Waals surface area contributed by atoms with Crippen molar-refractivity contribution in [2.75, 3.05) is 0 Å². The standard InChI is InChI=1S/C16H29NO5/c1-5-6-7-8-9-10-12(18)11-13(14(19)20)17-15(21)22-16(2,3)4/h13H,5-11H2,1-4H3,(H,17,21)(H,19,20)/t13-/m0/s1. The molecule has 6 nitrogen and oxygen atoms in total. The smallest absolute Gasteiger partial charge is 0.408 e. The highest BCUT2D eigenvalue weighted by Gasteiger charge is 2.25. The number of Topliss-reactive ketones (excluding diaryl/α,β-unsaturated/α-hetero) is 1. The number of aliphatic carboxylic acids is 1. The van der Waals surface area contributed by atoms with Gasteiger partial charge in [0, 0.05) is 12.8 Å². The molecule has 0 radical (unpaired) electrons. The summed E-state index contributed by atoms with van der Waals surface area (Å²) >= 11 is 0. The lowest BCUT2D eigenvalue weighted by molar-refractivity contribution is -0.141. The van der Waals surface area contributed by atoms with E-state index in [9.17, 15) is 14.4 Å². The maximum atomic E-state index is 11.8. The predicted molar refractivity (Wildman–Crippen MR) is 83.8 cm³/mol. The molecule has 0 saturated heterocycles. The van der Waals surface area contributed by atoms with Crippen molar-refractivity contribution < 1.29 is 24.2 Å². The Morgan fingerprint density at radius 1 is 1.09 bits per heavy atom. The number of ether oxygens (including phenoxy) is 1. The number of unbranched alkanes of at least 4 members (excludes halogenated alkanes) is 4. The lowest BCUT2D eigenvalue weighted by Gasteiger charge is -2.21. The number of rotatable bonds is 10. The zero-order chi connectivity index (χ0) is 17.2. The number of carbonyl (C=O) groups excluding carboxylic acids is 2. The van der Waals surface area contributed by atoms with Crippen molar-refractivity contribution in [2.24, 2.45) is 0 Å². The SMILES string of the molecule is CCCCCCCC(=O)C[C@H](NC(=O)OC(C)(C)C)C(=O)O. The van der Waals surface area contributed by atoms with Crippen LogP contribution in [0.5, 0.6) is 0 Å². The minimum atomic E-state index is -1.24. The third-order valence-electron chi connectivity index (χ3n) is 2.98. The third-order valence-corrected chi connectivity index (χ3v) is 2.98. The van der Waals surface area contributed by atoms with Gasteiger partial charge in [-0.1, -0.05) is 32.6 Å². The molecule has 0 unspecified atom stereocenters. The van der Waals surface area contributed by atoms with Gasteiger partial charge in [0.25, 0.3) is 0 Å². The summed E-state index contributed by atoms with van der Waals surface area (Å²) in [5, 5.41) is 11.3. The Morgan fingerprint density at radius 2 is 1.68 bits per heavy atom. The Balaban J connectivity index is 4.21. The van der Waals surface area contributed by atoms with Crippen molar-refractivity contribution in [1.29, 1.82) is 0 Å². The van der Waals surface area contributed by atoms with Gasteiger partial charge in [-0.3, -0.25) is 4.79 Å². The summed E-state index contributed by atoms with van der Waals surface area (Å²) in [6, 6.07) is -1.24. The van der Waals surface area contributed by atoms with Gasteiger partial charge in [0.2, 0.25) is 0 Å². The summed E-state index contributed by atoms with van der Waals surface area (Å²) in [6.07, 6.45) is 4.42. The van der Waals surface area contributed by atoms with Crippen LogP contribution < -0.4 is 5.32 Å². The number of carbonyl (C=O) groups is 3. The van der Waals surface area contributed by atoms with Crippen LogP contribution in [0.1, 0.15) is 72.6 Å². The first kappa shape index (κ1) is 20.4. The van der Waals surface area contributed by atoms with E-state index < -0.39 is 23.7 Å². The molecule has 0 aliphatic heterocycles. The average Bonchev–Trinajstić information content (AvgIpc) is 2.35. The van der Waals surface area contributed by atoms with E-state index >= 15 is 0 Å². The minimum absolute atomic E-state index is 0.153. The molecule has 22 heavy (non-hydrogen) atoms. The first-order chi connectivity index (χ1) is 10.2. The van der Waals surface area contributed by atoms with Gasteiger partial charge in [0.15, 0.2) is 0 Å². The number of alkyl carbamates (subject to hydrolysis) is 1. The summed E-state index contributed by atoms with van der Waals surface area (Å²) in [5.74, 6) is -1.38. The second kappa shape index (κ2) is 10.2. The maximum absolute atomic E-state index is 11.8. The van der Waals surface area contributed by atoms with Gasteiger partial charge in [-0.05, 0) is 27.2 Å². The van der Waals surface area contributed by atoms with Crippen molar-refractivity contribution in [1.82, 2.24) is 5.32 Å². The molecule has 0 aliphatic rings. The van der Waals surface area contributed by atoms with Crippen LogP contribution >= 0.6 is 0 Å². The second-order valence-electron chi connectivity index (χ2n) is 6.44. The fourth-order valence-corrected chi connectivity index (χ4v) is 1.91. The van der Waals surface area contributed by atoms with Crippen LogP contribution in [0, 0.1) is 0 Å². The molecule has 128 valence electrons. The van der Waals surface area contributed by atoms with Crippen molar-refractivity contribution in [3.63, 3.8) is 0 Å². The molecule has 0 spiro atoms. The molecule has 0 heterocycles. The van der Waals surface area contributed by atoms with Gasteiger partial charge in [0.1, 0.15) is 17.4 Å². The van der Waals surface area contributed by atoms with E-state index in [4.69, 9.17) is 9.84 Å². The van der Waals surface area contributed by atoms with E-state index in [2.05, 4.69) is 12.2 Å². The molecule has 0 aromatic carbocycles. The van der Waals surface area contributed by atoms with E-state index in [0.29, 0.717) is 6.42 Å². The average molecular weight is 315 g/mol. The molecule has 0 aromatic rings. The maximum Gasteiger partial charge on any atom is 0.408 e. The van der Waals surface area contributed by atoms with Gasteiger partial charge in [-0.25, -0.2) is 9.59 Å². The number of nitrogens with one attached hydrogen (secondary N) is 1. The number of carboxylic acids is 1. The van der Waals surface area contributed by atoms with Crippen LogP contribution in [0.2, 0.25) is 0 Å². The zero-order valence-electron chi connectivity index (χ0n) is 14.1. The van der Waals surface area contributed by atoms with Crippen molar-refractivity contribution >= 4 is 17.8 Å². The van der Waals surface area contributed by atoms with Crippen LogP contribution in [-0.2, 0) is 14.3 Å². The van der Waals surface area contributed by atoms with E-state index in [-0.39, 0.29) is 12.2 Å². The first-order valence-electron chi connectivity index (χ1n) is 7.89. The highest BCUT2D eigenvalue weighted by Crippen LogP contribution is 2.09. The summed E-state index contributed by atoms with van der Waals surface area (Å²) in [5.41, 5.74) is -0.712. The molecule has 0 bridgehead atoms. The van der Waals surface area contributed by atoms with Crippen LogP contribution in [-0.4, -0.2) is 34.6 Å². The fourth-order valence-electron chi connectivity index (χ4n) is 1.91. The number of hydrogen-bond acceptors (Lipinski definition) is 4. The van der Waals surface area contributed by atoms with Crippen molar-refractivity contribution in [3.8, 4) is 0 Å². The van der Waals surface area contributed by atoms with E-state index in [1.165, 1.54) is 0 Å². The van der Waals surface area contributed by atoms with E-state index in [0.717, 1.165) is 32.1 Å². The monoisotopic (exact) mass is 315 g/mol. The van der Waals surface area contributed by atoms with Gasteiger partial charge in [-0.2, -0.15) is 0 Å². The molecule has 0 aromatic heterocycles. The molecule has 0 rings (SSSR count). The normalized spacial score (nSPS) is 12.5. The van der Waals surface area contributed by atoms with E-state index in [1.807, 2.05) is 0 Å². The number of hydrogen-bond donors (Lipinski definition) is 2. The summed E-state index contributed by atoms with van der Waals surface area (Å²) in [6.45, 7) is 7.17. The molecule has 0 aliphatic carbocycles. The predicted octanol–water partition coefficient (Wildman–Crippen LogP) is 3.28. The second-order valence-corrected chi connectivity index (χ2v) is 6.44. The van der Waals surface area contributed by atoms with Gasteiger partial charge >= 0.3 is 12.1 Å². The molecular weight excluding hydrogens is 286 g/mol. The van der Waals surface area contributed by atoms with E-state index in [1.54, 1.807) is 20.8 Å². The van der Waals surface area contributed by atoms with Crippen LogP contribution in [0.3, 0.4) is 0 Å². The topological polar surface area (TPSA) is 92.7 Å². The molecule has 1 amide bonds. The molecule has 0 fully saturated rings. The summed E-state index contributed by atoms with van der Waals surface area (Å²) in [4.78, 5) is 34.5. The fraction of sp³-hybridized carbons (Fsp3) is 0.812. The van der Waals surface area contributed by atoms with Gasteiger partial charge < -0.3 is 15.2 Å². The molecule has 1 atom stereocenters. The van der Waals surface area contributed by atoms with Gasteiger partial charge in [-0.15, -0.1) is 0 Å². The Labute approximate surface area is 132 Å². The molecule has 6 heteroatoms. The minimum Gasteiger partial charge on any atom is -0.480 e. The van der Waals surface area contributed by atoms with Crippen molar-refractivity contribution in [3.05, 3.63) is 0 Å². The lowest BCUT2D eigenvalue weighted by atomic mass is 10.0. The Kier molecular flexibility index (Phi) is 9.45. The highest BCUT2D eigenvalue weighted by molar-refractivity contribution is 5.88. The quantitative estimate of drug-likeness (QED) is 0.603. The summed E-state index contributed by atoms with van der Waals surface area (Å²) < 4.78 is 5.00.